The second-order valence-electron chi connectivity index (χ2n) is 8.00. The summed E-state index contributed by atoms with van der Waals surface area (Å²) in [6.45, 7) is 14.2. The van der Waals surface area contributed by atoms with Gasteiger partial charge in [0, 0.05) is 6.54 Å². The molecule has 2 heterocycles. The number of nitrogens with two attached hydrogens (primary N) is 1. The van der Waals surface area contributed by atoms with Gasteiger partial charge in [-0.2, -0.15) is 0 Å². The summed E-state index contributed by atoms with van der Waals surface area (Å²) in [7, 11) is 0. The lowest BCUT2D eigenvalue weighted by Crippen LogP contribution is -2.64. The Morgan fingerprint density at radius 3 is 2.15 bits per heavy atom. The van der Waals surface area contributed by atoms with E-state index in [4.69, 9.17) is 10.5 Å². The van der Waals surface area contributed by atoms with Gasteiger partial charge in [-0.3, -0.25) is 4.90 Å². The van der Waals surface area contributed by atoms with Crippen molar-refractivity contribution in [1.82, 2.24) is 4.90 Å². The largest absolute Gasteiger partial charge is 0.368 e. The van der Waals surface area contributed by atoms with Gasteiger partial charge in [0.1, 0.15) is 0 Å². The molecule has 0 spiro atoms. The van der Waals surface area contributed by atoms with Crippen LogP contribution in [0.25, 0.3) is 0 Å². The van der Waals surface area contributed by atoms with E-state index in [1.165, 1.54) is 38.8 Å². The summed E-state index contributed by atoms with van der Waals surface area (Å²) in [5.74, 6) is 0.921. The van der Waals surface area contributed by atoms with E-state index in [0.717, 1.165) is 12.3 Å². The molecule has 3 nitrogen and oxygen atoms in total. The molecule has 0 amide bonds. The topological polar surface area (TPSA) is 38.5 Å². The number of nitrogens with zero attached hydrogens (tertiary/aromatic N) is 1. The molecular weight excluding hydrogens is 248 g/mol. The van der Waals surface area contributed by atoms with Crippen LogP contribution in [0, 0.1) is 5.92 Å². The van der Waals surface area contributed by atoms with Gasteiger partial charge in [0.25, 0.3) is 0 Å². The number of rotatable bonds is 4. The van der Waals surface area contributed by atoms with E-state index in [0.29, 0.717) is 6.54 Å². The first kappa shape index (κ1) is 16.3. The van der Waals surface area contributed by atoms with Gasteiger partial charge in [0.05, 0.1) is 16.7 Å². The fourth-order valence-corrected chi connectivity index (χ4v) is 4.74. The van der Waals surface area contributed by atoms with E-state index in [9.17, 15) is 0 Å². The number of piperidine rings is 1. The molecule has 0 saturated carbocycles. The van der Waals surface area contributed by atoms with Crippen molar-refractivity contribution in [2.75, 3.05) is 19.6 Å². The van der Waals surface area contributed by atoms with Crippen LogP contribution < -0.4 is 5.73 Å². The van der Waals surface area contributed by atoms with Crippen molar-refractivity contribution in [2.24, 2.45) is 11.7 Å². The summed E-state index contributed by atoms with van der Waals surface area (Å²) >= 11 is 0. The van der Waals surface area contributed by atoms with Crippen molar-refractivity contribution in [3.8, 4) is 0 Å². The fourth-order valence-electron chi connectivity index (χ4n) is 4.74. The molecule has 118 valence electrons. The van der Waals surface area contributed by atoms with Gasteiger partial charge >= 0.3 is 0 Å². The summed E-state index contributed by atoms with van der Waals surface area (Å²) in [4.78, 5) is 2.65. The van der Waals surface area contributed by atoms with Crippen molar-refractivity contribution in [2.45, 2.75) is 83.5 Å². The maximum Gasteiger partial charge on any atom is 0.0830 e. The Balaban J connectivity index is 2.13. The van der Waals surface area contributed by atoms with Crippen LogP contribution in [0.4, 0.5) is 0 Å². The average Bonchev–Trinajstić information content (AvgIpc) is 2.55. The normalized spacial score (nSPS) is 34.5. The number of hydrogen-bond donors (Lipinski definition) is 1. The zero-order valence-corrected chi connectivity index (χ0v) is 14.2. The lowest BCUT2D eigenvalue weighted by Gasteiger charge is -2.50. The Bertz CT molecular complexity index is 332. The highest BCUT2D eigenvalue weighted by molar-refractivity contribution is 5.13. The van der Waals surface area contributed by atoms with Crippen LogP contribution in [0.2, 0.25) is 0 Å². The van der Waals surface area contributed by atoms with Gasteiger partial charge in [0.15, 0.2) is 0 Å². The Kier molecular flexibility index (Phi) is 4.54. The molecule has 0 aromatic heterocycles. The Labute approximate surface area is 125 Å². The van der Waals surface area contributed by atoms with E-state index in [1.54, 1.807) is 0 Å². The average molecular weight is 282 g/mol. The Morgan fingerprint density at radius 1 is 1.15 bits per heavy atom. The second-order valence-corrected chi connectivity index (χ2v) is 8.00. The molecule has 0 bridgehead atoms. The molecule has 1 unspecified atom stereocenters. The van der Waals surface area contributed by atoms with Gasteiger partial charge in [-0.05, 0) is 66.0 Å². The van der Waals surface area contributed by atoms with Crippen LogP contribution in [-0.2, 0) is 4.74 Å². The molecule has 0 aromatic carbocycles. The van der Waals surface area contributed by atoms with Crippen molar-refractivity contribution in [3.05, 3.63) is 0 Å². The van der Waals surface area contributed by atoms with Gasteiger partial charge < -0.3 is 10.5 Å². The third-order valence-electron chi connectivity index (χ3n) is 5.62. The maximum absolute atomic E-state index is 6.35. The molecule has 3 heteroatoms. The molecule has 0 radical (unpaired) electrons. The molecule has 0 aromatic rings. The monoisotopic (exact) mass is 282 g/mol. The van der Waals surface area contributed by atoms with Gasteiger partial charge in [0.2, 0.25) is 0 Å². The molecule has 2 aliphatic rings. The predicted molar refractivity (Wildman–Crippen MR) is 84.9 cm³/mol. The SMILES string of the molecule is CCCC1CCN(C2(CN)CC(C)(C)OC2(C)C)CC1. The van der Waals surface area contributed by atoms with E-state index < -0.39 is 0 Å². The molecule has 2 fully saturated rings. The summed E-state index contributed by atoms with van der Waals surface area (Å²) in [6.07, 6.45) is 6.39. The minimum atomic E-state index is -0.164. The summed E-state index contributed by atoms with van der Waals surface area (Å²) in [5, 5.41) is 0. The minimum absolute atomic E-state index is 0.00762. The predicted octanol–water partition coefficient (Wildman–Crippen LogP) is 3.17. The minimum Gasteiger partial charge on any atom is -0.368 e. The van der Waals surface area contributed by atoms with E-state index in [1.807, 2.05) is 0 Å². The Morgan fingerprint density at radius 2 is 1.75 bits per heavy atom. The molecule has 20 heavy (non-hydrogen) atoms. The van der Waals surface area contributed by atoms with E-state index >= 15 is 0 Å². The lowest BCUT2D eigenvalue weighted by atomic mass is 9.75. The first-order chi connectivity index (χ1) is 9.26. The van der Waals surface area contributed by atoms with Crippen molar-refractivity contribution in [1.29, 1.82) is 0 Å². The standard InChI is InChI=1S/C17H34N2O/c1-6-7-14-8-10-19(11-9-14)17(13-18)12-15(2,3)20-16(17,4)5/h14H,6-13,18H2,1-5H3. The number of hydrogen-bond acceptors (Lipinski definition) is 3. The first-order valence-electron chi connectivity index (χ1n) is 8.42. The van der Waals surface area contributed by atoms with Gasteiger partial charge in [-0.25, -0.2) is 0 Å². The highest BCUT2D eigenvalue weighted by Gasteiger charge is 2.59. The van der Waals surface area contributed by atoms with E-state index in [-0.39, 0.29) is 16.7 Å². The molecule has 2 rings (SSSR count). The number of ether oxygens (including phenoxy) is 1. The second kappa shape index (κ2) is 5.58. The van der Waals surface area contributed by atoms with Gasteiger partial charge in [-0.1, -0.05) is 19.8 Å². The molecular formula is C17H34N2O. The zero-order chi connectivity index (χ0) is 15.0. The molecule has 2 N–H and O–H groups in total. The van der Waals surface area contributed by atoms with Crippen LogP contribution >= 0.6 is 0 Å². The summed E-state index contributed by atoms with van der Waals surface area (Å²) in [5.41, 5.74) is 6.05. The van der Waals surface area contributed by atoms with Crippen molar-refractivity contribution in [3.63, 3.8) is 0 Å². The highest BCUT2D eigenvalue weighted by atomic mass is 16.5. The third-order valence-corrected chi connectivity index (χ3v) is 5.62. The van der Waals surface area contributed by atoms with Crippen molar-refractivity contribution < 1.29 is 4.74 Å². The van der Waals surface area contributed by atoms with Crippen LogP contribution in [0.3, 0.4) is 0 Å². The quantitative estimate of drug-likeness (QED) is 0.860. The van der Waals surface area contributed by atoms with Crippen LogP contribution in [-0.4, -0.2) is 41.3 Å². The summed E-state index contributed by atoms with van der Waals surface area (Å²) < 4.78 is 6.35. The van der Waals surface area contributed by atoms with Crippen LogP contribution in [0.1, 0.15) is 66.7 Å². The maximum atomic E-state index is 6.35. The molecule has 2 saturated heterocycles. The highest BCUT2D eigenvalue weighted by Crippen LogP contribution is 2.48. The smallest absolute Gasteiger partial charge is 0.0830 e. The fraction of sp³-hybridized carbons (Fsp3) is 1.00. The zero-order valence-electron chi connectivity index (χ0n) is 14.2. The van der Waals surface area contributed by atoms with Crippen molar-refractivity contribution >= 4 is 0 Å². The van der Waals surface area contributed by atoms with Gasteiger partial charge in [-0.15, -0.1) is 0 Å². The number of likely N-dealkylation sites (tertiary alicyclic amines) is 1. The molecule has 0 aliphatic carbocycles. The summed E-state index contributed by atoms with van der Waals surface area (Å²) in [6, 6.07) is 0. The van der Waals surface area contributed by atoms with Crippen LogP contribution in [0.15, 0.2) is 0 Å². The Hall–Kier alpha value is -0.120. The van der Waals surface area contributed by atoms with E-state index in [2.05, 4.69) is 39.5 Å². The lowest BCUT2D eigenvalue weighted by molar-refractivity contribution is -0.108. The molecule has 2 aliphatic heterocycles. The third kappa shape index (κ3) is 2.77. The first-order valence-corrected chi connectivity index (χ1v) is 8.42. The molecule has 1 atom stereocenters. The van der Waals surface area contributed by atoms with Crippen LogP contribution in [0.5, 0.6) is 0 Å².